The third kappa shape index (κ3) is 3.46. The third-order valence-electron chi connectivity index (χ3n) is 5.40. The number of amidine groups is 2. The molecule has 6 nitrogen and oxygen atoms in total. The summed E-state index contributed by atoms with van der Waals surface area (Å²) in [5.74, 6) is 1.27. The molecule has 0 spiro atoms. The lowest BCUT2D eigenvalue weighted by atomic mass is 9.90. The van der Waals surface area contributed by atoms with Gasteiger partial charge in [0.25, 0.3) is 5.91 Å². The summed E-state index contributed by atoms with van der Waals surface area (Å²) in [7, 11) is 0. The van der Waals surface area contributed by atoms with Crippen LogP contribution >= 0.6 is 11.8 Å². The highest BCUT2D eigenvalue weighted by molar-refractivity contribution is 8.27. The van der Waals surface area contributed by atoms with Crippen molar-refractivity contribution in [2.75, 3.05) is 0 Å². The first-order chi connectivity index (χ1) is 14.2. The molecule has 0 atom stereocenters. The van der Waals surface area contributed by atoms with Crippen LogP contribution < -0.4 is 0 Å². The summed E-state index contributed by atoms with van der Waals surface area (Å²) in [5.41, 5.74) is 1.15. The SMILES string of the molecule is N=C1/C(=C\c2ccc(-c3ccccc3)o2)C(=O)N=C2SC(C3CCCCC3)=NN12. The molecule has 0 unspecified atom stereocenters. The molecule has 1 aliphatic carbocycles. The van der Waals surface area contributed by atoms with Crippen molar-refractivity contribution in [3.63, 3.8) is 0 Å². The van der Waals surface area contributed by atoms with Gasteiger partial charge < -0.3 is 4.42 Å². The molecule has 29 heavy (non-hydrogen) atoms. The maximum Gasteiger partial charge on any atom is 0.283 e. The zero-order valence-electron chi connectivity index (χ0n) is 15.8. The van der Waals surface area contributed by atoms with Crippen molar-refractivity contribution in [2.24, 2.45) is 16.0 Å². The Labute approximate surface area is 172 Å². The molecule has 1 aromatic carbocycles. The summed E-state index contributed by atoms with van der Waals surface area (Å²) in [6.45, 7) is 0. The van der Waals surface area contributed by atoms with E-state index in [1.165, 1.54) is 36.0 Å². The fraction of sp³-hybridized carbons (Fsp3) is 0.273. The number of fused-ring (bicyclic) bond motifs is 1. The number of hydrogen-bond donors (Lipinski definition) is 1. The van der Waals surface area contributed by atoms with Gasteiger partial charge in [-0.05, 0) is 42.8 Å². The number of rotatable bonds is 3. The van der Waals surface area contributed by atoms with Crippen molar-refractivity contribution in [1.82, 2.24) is 5.01 Å². The molecule has 7 heteroatoms. The first kappa shape index (κ1) is 18.1. The predicted molar refractivity (Wildman–Crippen MR) is 116 cm³/mol. The standard InChI is InChI=1S/C22H20N4O2S/c23-19-17(13-16-11-12-18(28-16)14-7-3-1-4-8-14)20(27)24-22-26(19)25-21(29-22)15-9-5-2-6-10-15/h1,3-4,7-8,11-13,15,23H,2,5-6,9-10H2/b17-13+,23-19?. The number of thioether (sulfide) groups is 1. The number of hydrazone groups is 1. The first-order valence-electron chi connectivity index (χ1n) is 9.84. The Hall–Kier alpha value is -2.93. The lowest BCUT2D eigenvalue weighted by Crippen LogP contribution is -2.35. The van der Waals surface area contributed by atoms with E-state index < -0.39 is 5.91 Å². The van der Waals surface area contributed by atoms with Crippen LogP contribution in [0, 0.1) is 11.3 Å². The van der Waals surface area contributed by atoms with E-state index >= 15 is 0 Å². The van der Waals surface area contributed by atoms with Gasteiger partial charge in [-0.25, -0.2) is 0 Å². The van der Waals surface area contributed by atoms with Crippen molar-refractivity contribution in [2.45, 2.75) is 32.1 Å². The second-order valence-corrected chi connectivity index (χ2v) is 8.35. The van der Waals surface area contributed by atoms with Crippen LogP contribution in [0.5, 0.6) is 0 Å². The molecule has 5 rings (SSSR count). The van der Waals surface area contributed by atoms with Crippen LogP contribution in [0.25, 0.3) is 17.4 Å². The van der Waals surface area contributed by atoms with E-state index in [1.54, 1.807) is 12.1 Å². The summed E-state index contributed by atoms with van der Waals surface area (Å²) in [4.78, 5) is 16.8. The van der Waals surface area contributed by atoms with Crippen LogP contribution in [0.15, 0.2) is 62.5 Å². The number of aliphatic imine (C=N–C) groups is 1. The third-order valence-corrected chi connectivity index (χ3v) is 6.47. The van der Waals surface area contributed by atoms with E-state index in [0.29, 0.717) is 22.6 Å². The number of nitrogens with one attached hydrogen (secondary N) is 1. The number of hydrogen-bond acceptors (Lipinski definition) is 5. The molecule has 1 aromatic heterocycles. The van der Waals surface area contributed by atoms with Gasteiger partial charge in [0.2, 0.25) is 5.17 Å². The van der Waals surface area contributed by atoms with Gasteiger partial charge in [-0.3, -0.25) is 10.2 Å². The van der Waals surface area contributed by atoms with E-state index in [-0.39, 0.29) is 11.4 Å². The van der Waals surface area contributed by atoms with Gasteiger partial charge in [0, 0.05) is 11.5 Å². The molecule has 146 valence electrons. The van der Waals surface area contributed by atoms with E-state index in [4.69, 9.17) is 9.83 Å². The largest absolute Gasteiger partial charge is 0.457 e. The molecular formula is C22H20N4O2S. The molecule has 0 bridgehead atoms. The van der Waals surface area contributed by atoms with Crippen LogP contribution in [0.3, 0.4) is 0 Å². The first-order valence-corrected chi connectivity index (χ1v) is 10.7. The van der Waals surface area contributed by atoms with Crippen molar-refractivity contribution in [1.29, 1.82) is 5.41 Å². The lowest BCUT2D eigenvalue weighted by Gasteiger charge is -2.20. The van der Waals surface area contributed by atoms with Gasteiger partial charge in [-0.1, -0.05) is 49.6 Å². The van der Waals surface area contributed by atoms with E-state index in [0.717, 1.165) is 23.4 Å². The Balaban J connectivity index is 1.41. The van der Waals surface area contributed by atoms with Crippen LogP contribution in [-0.2, 0) is 4.79 Å². The Morgan fingerprint density at radius 3 is 2.69 bits per heavy atom. The number of carbonyl (C=O) groups is 1. The van der Waals surface area contributed by atoms with Gasteiger partial charge in [0.05, 0.1) is 5.57 Å². The Bertz CT molecular complexity index is 1060. The second-order valence-electron chi connectivity index (χ2n) is 7.36. The Kier molecular flexibility index (Phi) is 4.67. The van der Waals surface area contributed by atoms with E-state index in [9.17, 15) is 4.79 Å². The zero-order valence-corrected chi connectivity index (χ0v) is 16.6. The molecule has 3 heterocycles. The molecule has 1 fully saturated rings. The Morgan fingerprint density at radius 2 is 1.90 bits per heavy atom. The molecule has 1 saturated carbocycles. The average molecular weight is 404 g/mol. The minimum Gasteiger partial charge on any atom is -0.457 e. The molecular weight excluding hydrogens is 384 g/mol. The number of benzene rings is 1. The normalized spacial score (nSPS) is 21.4. The predicted octanol–water partition coefficient (Wildman–Crippen LogP) is 5.15. The van der Waals surface area contributed by atoms with Gasteiger partial charge in [-0.2, -0.15) is 15.1 Å². The maximum atomic E-state index is 12.6. The fourth-order valence-corrected chi connectivity index (χ4v) is 4.91. The highest BCUT2D eigenvalue weighted by Crippen LogP contribution is 2.36. The summed E-state index contributed by atoms with van der Waals surface area (Å²) in [6.07, 6.45) is 7.50. The van der Waals surface area contributed by atoms with Crippen LogP contribution in [0.4, 0.5) is 0 Å². The van der Waals surface area contributed by atoms with Gasteiger partial charge >= 0.3 is 0 Å². The lowest BCUT2D eigenvalue weighted by molar-refractivity contribution is -0.114. The summed E-state index contributed by atoms with van der Waals surface area (Å²) in [6, 6.07) is 13.4. The minimum atomic E-state index is -0.425. The number of amides is 1. The summed E-state index contributed by atoms with van der Waals surface area (Å²) in [5, 5.41) is 16.1. The van der Waals surface area contributed by atoms with Crippen molar-refractivity contribution in [3.05, 3.63) is 53.8 Å². The number of carbonyl (C=O) groups excluding carboxylic acids is 1. The molecule has 0 saturated heterocycles. The summed E-state index contributed by atoms with van der Waals surface area (Å²) >= 11 is 1.43. The zero-order chi connectivity index (χ0) is 19.8. The smallest absolute Gasteiger partial charge is 0.283 e. The molecule has 2 aliphatic heterocycles. The van der Waals surface area contributed by atoms with Gasteiger partial charge in [-0.15, -0.1) is 0 Å². The molecule has 1 N–H and O–H groups in total. The fourth-order valence-electron chi connectivity index (χ4n) is 3.85. The van der Waals surface area contributed by atoms with Crippen LogP contribution in [0.2, 0.25) is 0 Å². The molecule has 1 amide bonds. The Morgan fingerprint density at radius 1 is 1.10 bits per heavy atom. The van der Waals surface area contributed by atoms with Crippen molar-refractivity contribution >= 4 is 39.8 Å². The van der Waals surface area contributed by atoms with Crippen LogP contribution in [-0.4, -0.2) is 27.0 Å². The number of nitrogens with zero attached hydrogens (tertiary/aromatic N) is 3. The molecule has 0 radical (unpaired) electrons. The quantitative estimate of drug-likeness (QED) is 0.718. The highest BCUT2D eigenvalue weighted by Gasteiger charge is 2.38. The second kappa shape index (κ2) is 7.48. The minimum absolute atomic E-state index is 0.0518. The topological polar surface area (TPSA) is 82.0 Å². The summed E-state index contributed by atoms with van der Waals surface area (Å²) < 4.78 is 5.86. The van der Waals surface area contributed by atoms with Crippen LogP contribution in [0.1, 0.15) is 37.9 Å². The van der Waals surface area contributed by atoms with E-state index in [1.807, 2.05) is 36.4 Å². The molecule has 3 aliphatic rings. The average Bonchev–Trinajstić information content (AvgIpc) is 3.40. The number of furan rings is 1. The highest BCUT2D eigenvalue weighted by atomic mass is 32.2. The van der Waals surface area contributed by atoms with Crippen molar-refractivity contribution < 1.29 is 9.21 Å². The maximum absolute atomic E-state index is 12.6. The van der Waals surface area contributed by atoms with Gasteiger partial charge in [0.15, 0.2) is 5.84 Å². The van der Waals surface area contributed by atoms with Crippen molar-refractivity contribution in [3.8, 4) is 11.3 Å². The molecule has 2 aromatic rings. The van der Waals surface area contributed by atoms with Gasteiger partial charge in [0.1, 0.15) is 16.6 Å². The monoisotopic (exact) mass is 404 g/mol. The van der Waals surface area contributed by atoms with E-state index in [2.05, 4.69) is 10.1 Å².